The van der Waals surface area contributed by atoms with Gasteiger partial charge in [-0.15, -0.1) is 0 Å². The van der Waals surface area contributed by atoms with Gasteiger partial charge in [0.15, 0.2) is 0 Å². The van der Waals surface area contributed by atoms with Crippen molar-refractivity contribution in [3.63, 3.8) is 0 Å². The van der Waals surface area contributed by atoms with Gasteiger partial charge < -0.3 is 30.3 Å². The van der Waals surface area contributed by atoms with E-state index in [2.05, 4.69) is 5.32 Å². The van der Waals surface area contributed by atoms with Crippen LogP contribution in [-0.4, -0.2) is 62.6 Å². The minimum Gasteiger partial charge on any atom is -0.465 e. The number of carbonyl (C=O) groups is 1. The van der Waals surface area contributed by atoms with Crippen LogP contribution in [0.1, 0.15) is 11.7 Å². The van der Waals surface area contributed by atoms with Crippen molar-refractivity contribution in [3.05, 3.63) is 29.8 Å². The van der Waals surface area contributed by atoms with Gasteiger partial charge in [0.2, 0.25) is 0 Å². The molecule has 21 heavy (non-hydrogen) atoms. The van der Waals surface area contributed by atoms with Crippen LogP contribution >= 0.6 is 0 Å². The lowest BCUT2D eigenvalue weighted by molar-refractivity contribution is -0.231. The Balaban J connectivity index is 2.18. The lowest BCUT2D eigenvalue weighted by Gasteiger charge is -2.40. The smallest absolute Gasteiger partial charge is 0.409 e. The first-order chi connectivity index (χ1) is 9.93. The molecule has 0 saturated carbocycles. The molecular weight excluding hydrogens is 282 g/mol. The molecule has 1 amide bonds. The highest BCUT2D eigenvalue weighted by molar-refractivity contribution is 5.82. The number of aliphatic hydroxyl groups excluding tert-OH is 4. The summed E-state index contributed by atoms with van der Waals surface area (Å²) in [6, 6.07) is 6.01. The number of ether oxygens (including phenoxy) is 1. The largest absolute Gasteiger partial charge is 0.465 e. The summed E-state index contributed by atoms with van der Waals surface area (Å²) >= 11 is 0. The van der Waals surface area contributed by atoms with E-state index in [1.54, 1.807) is 0 Å². The van der Waals surface area contributed by atoms with Gasteiger partial charge in [0.05, 0.1) is 6.61 Å². The summed E-state index contributed by atoms with van der Waals surface area (Å²) in [5.74, 6) is 0. The summed E-state index contributed by atoms with van der Waals surface area (Å²) < 4.78 is 5.39. The van der Waals surface area contributed by atoms with Gasteiger partial charge in [0.25, 0.3) is 0 Å². The van der Waals surface area contributed by atoms with Crippen molar-refractivity contribution in [2.45, 2.75) is 30.5 Å². The first-order valence-corrected chi connectivity index (χ1v) is 6.34. The number of carboxylic acid groups (broad SMARTS) is 1. The molecule has 1 aliphatic heterocycles. The fourth-order valence-corrected chi connectivity index (χ4v) is 2.26. The van der Waals surface area contributed by atoms with Gasteiger partial charge in [-0.25, -0.2) is 4.79 Å². The molecule has 1 aromatic rings. The Hall–Kier alpha value is -1.71. The molecule has 5 atom stereocenters. The third-order valence-corrected chi connectivity index (χ3v) is 3.38. The van der Waals surface area contributed by atoms with E-state index in [1.807, 2.05) is 0 Å². The molecule has 1 saturated heterocycles. The van der Waals surface area contributed by atoms with Crippen molar-refractivity contribution in [1.82, 2.24) is 0 Å². The summed E-state index contributed by atoms with van der Waals surface area (Å²) in [5, 5.41) is 49.3. The Labute approximate surface area is 120 Å². The van der Waals surface area contributed by atoms with Crippen LogP contribution < -0.4 is 5.32 Å². The topological polar surface area (TPSA) is 139 Å². The molecule has 0 aliphatic carbocycles. The Morgan fingerprint density at radius 2 is 1.71 bits per heavy atom. The fourth-order valence-electron chi connectivity index (χ4n) is 2.26. The van der Waals surface area contributed by atoms with Gasteiger partial charge in [-0.1, -0.05) is 12.1 Å². The maximum absolute atomic E-state index is 10.5. The van der Waals surface area contributed by atoms with E-state index >= 15 is 0 Å². The van der Waals surface area contributed by atoms with Gasteiger partial charge >= 0.3 is 6.09 Å². The predicted octanol–water partition coefficient (Wildman–Crippen LogP) is -0.709. The standard InChI is InChI=1S/C13H17NO7/c15-5-8-9(16)10(17)11(18)12(21-8)6-1-3-7(4-2-6)14-13(19)20/h1-4,8-12,14-18H,5H2,(H,19,20)/t8-,9-,10+,11-,12+/m1/s1. The predicted molar refractivity (Wildman–Crippen MR) is 70.8 cm³/mol. The van der Waals surface area contributed by atoms with Crippen molar-refractivity contribution in [2.24, 2.45) is 0 Å². The summed E-state index contributed by atoms with van der Waals surface area (Å²) in [5.41, 5.74) is 0.832. The van der Waals surface area contributed by atoms with Crippen LogP contribution in [-0.2, 0) is 4.74 Å². The molecule has 0 radical (unpaired) electrons. The van der Waals surface area contributed by atoms with Gasteiger partial charge in [-0.2, -0.15) is 0 Å². The molecule has 8 nitrogen and oxygen atoms in total. The summed E-state index contributed by atoms with van der Waals surface area (Å²) in [6.07, 6.45) is -7.33. The summed E-state index contributed by atoms with van der Waals surface area (Å²) in [6.45, 7) is -0.500. The molecule has 8 heteroatoms. The van der Waals surface area contributed by atoms with E-state index in [0.717, 1.165) is 0 Å². The molecule has 116 valence electrons. The van der Waals surface area contributed by atoms with E-state index in [1.165, 1.54) is 24.3 Å². The number of amides is 1. The highest BCUT2D eigenvalue weighted by atomic mass is 16.5. The van der Waals surface area contributed by atoms with Gasteiger partial charge in [-0.05, 0) is 17.7 Å². The molecule has 1 aromatic carbocycles. The maximum atomic E-state index is 10.5. The molecule has 6 N–H and O–H groups in total. The Morgan fingerprint density at radius 1 is 1.10 bits per heavy atom. The van der Waals surface area contributed by atoms with Crippen LogP contribution in [0.4, 0.5) is 10.5 Å². The summed E-state index contributed by atoms with van der Waals surface area (Å²) in [7, 11) is 0. The number of anilines is 1. The zero-order valence-corrected chi connectivity index (χ0v) is 11.0. The highest BCUT2D eigenvalue weighted by Gasteiger charge is 2.43. The van der Waals surface area contributed by atoms with E-state index in [-0.39, 0.29) is 0 Å². The van der Waals surface area contributed by atoms with Crippen LogP contribution in [0.3, 0.4) is 0 Å². The average molecular weight is 299 g/mol. The minimum atomic E-state index is -1.45. The van der Waals surface area contributed by atoms with Crippen LogP contribution in [0.25, 0.3) is 0 Å². The van der Waals surface area contributed by atoms with Crippen molar-refractivity contribution < 1.29 is 35.1 Å². The molecule has 1 aliphatic rings. The highest BCUT2D eigenvalue weighted by Crippen LogP contribution is 2.32. The van der Waals surface area contributed by atoms with E-state index in [0.29, 0.717) is 11.3 Å². The number of hydrogen-bond donors (Lipinski definition) is 6. The van der Waals surface area contributed by atoms with Crippen molar-refractivity contribution >= 4 is 11.8 Å². The quantitative estimate of drug-likeness (QED) is 0.433. The second-order valence-electron chi connectivity index (χ2n) is 4.80. The van der Waals surface area contributed by atoms with E-state index < -0.39 is 43.2 Å². The second kappa shape index (κ2) is 6.37. The molecule has 0 aromatic heterocycles. The zero-order chi connectivity index (χ0) is 15.6. The van der Waals surface area contributed by atoms with Gasteiger partial charge in [-0.3, -0.25) is 5.32 Å². The lowest BCUT2D eigenvalue weighted by Crippen LogP contribution is -2.55. The molecule has 0 spiro atoms. The third kappa shape index (κ3) is 3.31. The summed E-state index contributed by atoms with van der Waals surface area (Å²) in [4.78, 5) is 10.5. The molecule has 0 unspecified atom stereocenters. The van der Waals surface area contributed by atoms with E-state index in [9.17, 15) is 20.1 Å². The lowest BCUT2D eigenvalue weighted by atomic mass is 9.91. The van der Waals surface area contributed by atoms with Crippen LogP contribution in [0.2, 0.25) is 0 Å². The van der Waals surface area contributed by atoms with Gasteiger partial charge in [0, 0.05) is 5.69 Å². The molecule has 1 fully saturated rings. The van der Waals surface area contributed by atoms with Crippen molar-refractivity contribution in [3.8, 4) is 0 Å². The maximum Gasteiger partial charge on any atom is 0.409 e. The molecule has 2 rings (SSSR count). The van der Waals surface area contributed by atoms with Crippen molar-refractivity contribution in [1.29, 1.82) is 0 Å². The fraction of sp³-hybridized carbons (Fsp3) is 0.462. The number of rotatable bonds is 3. The Bertz CT molecular complexity index is 490. The number of benzene rings is 1. The van der Waals surface area contributed by atoms with E-state index in [4.69, 9.17) is 14.9 Å². The molecular formula is C13H17NO7. The monoisotopic (exact) mass is 299 g/mol. The molecule has 0 bridgehead atoms. The van der Waals surface area contributed by atoms with Crippen LogP contribution in [0, 0.1) is 0 Å². The molecule has 1 heterocycles. The van der Waals surface area contributed by atoms with Crippen LogP contribution in [0.15, 0.2) is 24.3 Å². The first kappa shape index (κ1) is 15.7. The average Bonchev–Trinajstić information content (AvgIpc) is 2.46. The zero-order valence-electron chi connectivity index (χ0n) is 11.0. The third-order valence-electron chi connectivity index (χ3n) is 3.38. The SMILES string of the molecule is O=C(O)Nc1ccc([C@@H]2O[C@H](CO)[C@@H](O)[C@H](O)[C@H]2O)cc1. The van der Waals surface area contributed by atoms with Crippen LogP contribution in [0.5, 0.6) is 0 Å². The minimum absolute atomic E-state index is 0.343. The van der Waals surface area contributed by atoms with Crippen molar-refractivity contribution in [2.75, 3.05) is 11.9 Å². The number of aliphatic hydroxyl groups is 4. The normalized spacial score (nSPS) is 32.7. The second-order valence-corrected chi connectivity index (χ2v) is 4.80. The Kier molecular flexibility index (Phi) is 4.76. The van der Waals surface area contributed by atoms with Gasteiger partial charge in [0.1, 0.15) is 30.5 Å². The number of hydrogen-bond acceptors (Lipinski definition) is 6. The first-order valence-electron chi connectivity index (χ1n) is 6.34. The Morgan fingerprint density at radius 3 is 2.24 bits per heavy atom. The number of nitrogens with one attached hydrogen (secondary N) is 1.